The molecule has 0 bridgehead atoms. The minimum Gasteiger partial charge on any atom is -0.384 e. The van der Waals surface area contributed by atoms with E-state index >= 15 is 0 Å². The standard InChI is InChI=1S/C9H19NO/c1-7(6-11-3)9-4-8(9)5-10-2/h7-10H,4-6H2,1-3H3. The van der Waals surface area contributed by atoms with Crippen LogP contribution in [0.25, 0.3) is 0 Å². The predicted octanol–water partition coefficient (Wildman–Crippen LogP) is 1.12. The zero-order chi connectivity index (χ0) is 8.27. The molecule has 0 radical (unpaired) electrons. The Labute approximate surface area is 69.3 Å². The second-order valence-electron chi connectivity index (χ2n) is 3.65. The van der Waals surface area contributed by atoms with Crippen molar-refractivity contribution < 1.29 is 4.74 Å². The molecular formula is C9H19NO. The van der Waals surface area contributed by atoms with Crippen LogP contribution in [0.3, 0.4) is 0 Å². The van der Waals surface area contributed by atoms with Crippen LogP contribution in [0, 0.1) is 17.8 Å². The molecule has 0 aromatic rings. The zero-order valence-electron chi connectivity index (χ0n) is 7.76. The van der Waals surface area contributed by atoms with Gasteiger partial charge in [-0.3, -0.25) is 0 Å². The number of methoxy groups -OCH3 is 1. The molecule has 1 N–H and O–H groups in total. The maximum absolute atomic E-state index is 5.11. The number of hydrogen-bond acceptors (Lipinski definition) is 2. The van der Waals surface area contributed by atoms with Crippen LogP contribution in [-0.4, -0.2) is 27.3 Å². The van der Waals surface area contributed by atoms with Crippen molar-refractivity contribution >= 4 is 0 Å². The lowest BCUT2D eigenvalue weighted by Gasteiger charge is -2.08. The van der Waals surface area contributed by atoms with E-state index in [1.165, 1.54) is 13.0 Å². The average Bonchev–Trinajstić information content (AvgIpc) is 2.69. The van der Waals surface area contributed by atoms with E-state index in [1.807, 2.05) is 7.05 Å². The molecule has 1 saturated carbocycles. The minimum atomic E-state index is 0.748. The fourth-order valence-electron chi connectivity index (χ4n) is 1.85. The molecule has 1 rings (SSSR count). The van der Waals surface area contributed by atoms with Gasteiger partial charge in [-0.05, 0) is 37.8 Å². The van der Waals surface area contributed by atoms with Gasteiger partial charge in [-0.15, -0.1) is 0 Å². The van der Waals surface area contributed by atoms with Gasteiger partial charge in [0.15, 0.2) is 0 Å². The maximum Gasteiger partial charge on any atom is 0.0490 e. The van der Waals surface area contributed by atoms with E-state index < -0.39 is 0 Å². The van der Waals surface area contributed by atoms with E-state index in [2.05, 4.69) is 12.2 Å². The number of rotatable bonds is 5. The highest BCUT2D eigenvalue weighted by atomic mass is 16.5. The summed E-state index contributed by atoms with van der Waals surface area (Å²) in [6.07, 6.45) is 1.39. The first-order chi connectivity index (χ1) is 5.29. The van der Waals surface area contributed by atoms with Crippen molar-refractivity contribution in [3.05, 3.63) is 0 Å². The van der Waals surface area contributed by atoms with Crippen molar-refractivity contribution in [3.63, 3.8) is 0 Å². The molecule has 0 spiro atoms. The fourth-order valence-corrected chi connectivity index (χ4v) is 1.85. The third-order valence-corrected chi connectivity index (χ3v) is 2.60. The summed E-state index contributed by atoms with van der Waals surface area (Å²) in [5.74, 6) is 2.59. The first-order valence-corrected chi connectivity index (χ1v) is 4.43. The van der Waals surface area contributed by atoms with Gasteiger partial charge in [-0.2, -0.15) is 0 Å². The van der Waals surface area contributed by atoms with E-state index in [-0.39, 0.29) is 0 Å². The summed E-state index contributed by atoms with van der Waals surface area (Å²) in [6, 6.07) is 0. The quantitative estimate of drug-likeness (QED) is 0.646. The normalized spacial score (nSPS) is 31.9. The van der Waals surface area contributed by atoms with Crippen LogP contribution in [-0.2, 0) is 4.74 Å². The zero-order valence-corrected chi connectivity index (χ0v) is 7.76. The number of hydrogen-bond donors (Lipinski definition) is 1. The Morgan fingerprint density at radius 1 is 1.64 bits per heavy atom. The Bertz CT molecular complexity index is 116. The topological polar surface area (TPSA) is 21.3 Å². The Morgan fingerprint density at radius 2 is 2.36 bits per heavy atom. The molecular weight excluding hydrogens is 138 g/mol. The highest BCUT2D eigenvalue weighted by molar-refractivity contribution is 4.90. The van der Waals surface area contributed by atoms with Crippen LogP contribution in [0.15, 0.2) is 0 Å². The van der Waals surface area contributed by atoms with Gasteiger partial charge in [-0.25, -0.2) is 0 Å². The minimum absolute atomic E-state index is 0.748. The average molecular weight is 157 g/mol. The smallest absolute Gasteiger partial charge is 0.0490 e. The SMILES string of the molecule is CNCC1CC1C(C)COC. The van der Waals surface area contributed by atoms with Crippen molar-refractivity contribution in [2.75, 3.05) is 27.3 Å². The molecule has 2 heteroatoms. The van der Waals surface area contributed by atoms with Crippen LogP contribution in [0.5, 0.6) is 0 Å². The monoisotopic (exact) mass is 157 g/mol. The molecule has 0 aliphatic heterocycles. The van der Waals surface area contributed by atoms with E-state index in [4.69, 9.17) is 4.74 Å². The molecule has 0 amide bonds. The lowest BCUT2D eigenvalue weighted by atomic mass is 10.1. The third-order valence-electron chi connectivity index (χ3n) is 2.60. The van der Waals surface area contributed by atoms with Crippen molar-refractivity contribution in [2.24, 2.45) is 17.8 Å². The highest BCUT2D eigenvalue weighted by Crippen LogP contribution is 2.43. The van der Waals surface area contributed by atoms with E-state index in [1.54, 1.807) is 7.11 Å². The second kappa shape index (κ2) is 4.07. The van der Waals surface area contributed by atoms with Crippen LogP contribution in [0.4, 0.5) is 0 Å². The van der Waals surface area contributed by atoms with Gasteiger partial charge in [0.1, 0.15) is 0 Å². The summed E-state index contributed by atoms with van der Waals surface area (Å²) < 4.78 is 5.11. The molecule has 3 atom stereocenters. The molecule has 66 valence electrons. The Balaban J connectivity index is 2.10. The van der Waals surface area contributed by atoms with E-state index in [0.29, 0.717) is 0 Å². The molecule has 11 heavy (non-hydrogen) atoms. The van der Waals surface area contributed by atoms with Gasteiger partial charge < -0.3 is 10.1 Å². The van der Waals surface area contributed by atoms with Gasteiger partial charge in [0.05, 0.1) is 0 Å². The van der Waals surface area contributed by atoms with Crippen molar-refractivity contribution in [1.29, 1.82) is 0 Å². The summed E-state index contributed by atoms with van der Waals surface area (Å²) >= 11 is 0. The Hall–Kier alpha value is -0.0800. The fraction of sp³-hybridized carbons (Fsp3) is 1.00. The van der Waals surface area contributed by atoms with E-state index in [0.717, 1.165) is 24.4 Å². The summed E-state index contributed by atoms with van der Waals surface area (Å²) in [5.41, 5.74) is 0. The lowest BCUT2D eigenvalue weighted by Crippen LogP contribution is -2.14. The summed E-state index contributed by atoms with van der Waals surface area (Å²) in [5, 5.41) is 3.22. The van der Waals surface area contributed by atoms with Gasteiger partial charge in [0.2, 0.25) is 0 Å². The Morgan fingerprint density at radius 3 is 2.91 bits per heavy atom. The van der Waals surface area contributed by atoms with Gasteiger partial charge in [0.25, 0.3) is 0 Å². The van der Waals surface area contributed by atoms with Crippen LogP contribution in [0.1, 0.15) is 13.3 Å². The molecule has 3 unspecified atom stereocenters. The maximum atomic E-state index is 5.11. The van der Waals surface area contributed by atoms with Crippen molar-refractivity contribution in [3.8, 4) is 0 Å². The number of ether oxygens (including phenoxy) is 1. The van der Waals surface area contributed by atoms with Gasteiger partial charge in [0, 0.05) is 13.7 Å². The summed E-state index contributed by atoms with van der Waals surface area (Å²) in [7, 11) is 3.81. The Kier molecular flexibility index (Phi) is 3.34. The van der Waals surface area contributed by atoms with Crippen LogP contribution < -0.4 is 5.32 Å². The molecule has 1 aliphatic carbocycles. The van der Waals surface area contributed by atoms with Crippen LogP contribution >= 0.6 is 0 Å². The second-order valence-corrected chi connectivity index (χ2v) is 3.65. The molecule has 0 aromatic heterocycles. The largest absolute Gasteiger partial charge is 0.384 e. The third kappa shape index (κ3) is 2.46. The first-order valence-electron chi connectivity index (χ1n) is 4.43. The number of nitrogens with one attached hydrogen (secondary N) is 1. The highest BCUT2D eigenvalue weighted by Gasteiger charge is 2.39. The van der Waals surface area contributed by atoms with Crippen molar-refractivity contribution in [2.45, 2.75) is 13.3 Å². The predicted molar refractivity (Wildman–Crippen MR) is 46.6 cm³/mol. The summed E-state index contributed by atoms with van der Waals surface area (Å²) in [6.45, 7) is 4.38. The molecule has 0 saturated heterocycles. The molecule has 1 aliphatic rings. The van der Waals surface area contributed by atoms with Gasteiger partial charge >= 0.3 is 0 Å². The van der Waals surface area contributed by atoms with Gasteiger partial charge in [-0.1, -0.05) is 6.92 Å². The van der Waals surface area contributed by atoms with Crippen molar-refractivity contribution in [1.82, 2.24) is 5.32 Å². The molecule has 2 nitrogen and oxygen atoms in total. The van der Waals surface area contributed by atoms with Crippen LogP contribution in [0.2, 0.25) is 0 Å². The molecule has 0 heterocycles. The lowest BCUT2D eigenvalue weighted by molar-refractivity contribution is 0.147. The first kappa shape index (κ1) is 9.01. The molecule has 1 fully saturated rings. The molecule has 0 aromatic carbocycles. The van der Waals surface area contributed by atoms with E-state index in [9.17, 15) is 0 Å². The summed E-state index contributed by atoms with van der Waals surface area (Å²) in [4.78, 5) is 0.